The van der Waals surface area contributed by atoms with Crippen LogP contribution in [-0.2, 0) is 6.54 Å². The smallest absolute Gasteiger partial charge is 0.263 e. The minimum atomic E-state index is -0.0640. The lowest BCUT2D eigenvalue weighted by atomic mass is 10.2. The van der Waals surface area contributed by atoms with E-state index in [9.17, 15) is 4.79 Å². The van der Waals surface area contributed by atoms with E-state index in [-0.39, 0.29) is 5.91 Å². The first-order chi connectivity index (χ1) is 12.1. The van der Waals surface area contributed by atoms with Crippen LogP contribution in [0.1, 0.15) is 28.2 Å². The van der Waals surface area contributed by atoms with E-state index in [2.05, 4.69) is 15.3 Å². The maximum Gasteiger partial charge on any atom is 0.263 e. The van der Waals surface area contributed by atoms with Gasteiger partial charge in [-0.2, -0.15) is 0 Å². The molecule has 1 N–H and O–H groups in total. The van der Waals surface area contributed by atoms with Gasteiger partial charge in [0.2, 0.25) is 0 Å². The fourth-order valence-corrected chi connectivity index (χ4v) is 3.64. The van der Waals surface area contributed by atoms with Gasteiger partial charge in [0.25, 0.3) is 5.91 Å². The molecular weight excluding hydrogens is 356 g/mol. The Kier molecular flexibility index (Phi) is 5.83. The number of nitrogens with zero attached hydrogens (tertiary/aromatic N) is 3. The Labute approximate surface area is 155 Å². The molecule has 130 valence electrons. The molecule has 0 aliphatic rings. The summed E-state index contributed by atoms with van der Waals surface area (Å²) < 4.78 is 2.03. The summed E-state index contributed by atoms with van der Waals surface area (Å²) in [6.45, 7) is 3.42. The number of halogens is 1. The lowest BCUT2D eigenvalue weighted by Crippen LogP contribution is -2.24. The third-order valence-corrected chi connectivity index (χ3v) is 5.20. The summed E-state index contributed by atoms with van der Waals surface area (Å²) in [6.07, 6.45) is 7.42. The largest absolute Gasteiger partial charge is 0.351 e. The van der Waals surface area contributed by atoms with Crippen molar-refractivity contribution in [1.82, 2.24) is 19.9 Å². The number of aryl methyl sites for hydroxylation is 2. The van der Waals surface area contributed by atoms with Gasteiger partial charge >= 0.3 is 0 Å². The summed E-state index contributed by atoms with van der Waals surface area (Å²) in [5.41, 5.74) is 1.68. The second-order valence-electron chi connectivity index (χ2n) is 5.71. The third-order valence-electron chi connectivity index (χ3n) is 3.76. The Morgan fingerprint density at radius 1 is 1.36 bits per heavy atom. The molecule has 2 aromatic heterocycles. The van der Waals surface area contributed by atoms with E-state index in [1.807, 2.05) is 42.0 Å². The number of carbonyl (C=O) groups excluding carboxylic acids is 1. The highest BCUT2D eigenvalue weighted by atomic mass is 35.5. The number of hydrogen-bond donors (Lipinski definition) is 1. The molecule has 3 rings (SSSR count). The SMILES string of the molecule is Cc1nc(-c2cccc(Cl)c2)sc1C(=O)NCCCCn1ccnc1. The van der Waals surface area contributed by atoms with Gasteiger partial charge in [-0.3, -0.25) is 4.79 Å². The fourth-order valence-electron chi connectivity index (χ4n) is 2.47. The van der Waals surface area contributed by atoms with E-state index in [1.54, 1.807) is 12.5 Å². The number of thiazole rings is 1. The zero-order valence-electron chi connectivity index (χ0n) is 13.9. The first-order valence-electron chi connectivity index (χ1n) is 8.11. The number of rotatable bonds is 7. The molecule has 0 unspecified atom stereocenters. The molecule has 5 nitrogen and oxygen atoms in total. The topological polar surface area (TPSA) is 59.8 Å². The van der Waals surface area contributed by atoms with Crippen LogP contribution in [0.5, 0.6) is 0 Å². The third kappa shape index (κ3) is 4.67. The lowest BCUT2D eigenvalue weighted by Gasteiger charge is -2.04. The normalized spacial score (nSPS) is 10.8. The van der Waals surface area contributed by atoms with Gasteiger partial charge in [0, 0.05) is 36.1 Å². The Morgan fingerprint density at radius 3 is 3.00 bits per heavy atom. The predicted molar refractivity (Wildman–Crippen MR) is 101 cm³/mol. The van der Waals surface area contributed by atoms with Crippen LogP contribution in [0.3, 0.4) is 0 Å². The van der Waals surface area contributed by atoms with E-state index >= 15 is 0 Å². The molecule has 0 saturated heterocycles. The van der Waals surface area contributed by atoms with Crippen LogP contribution in [0.2, 0.25) is 5.02 Å². The zero-order chi connectivity index (χ0) is 17.6. The van der Waals surface area contributed by atoms with Gasteiger partial charge in [-0.1, -0.05) is 23.7 Å². The number of nitrogens with one attached hydrogen (secondary N) is 1. The van der Waals surface area contributed by atoms with Crippen molar-refractivity contribution in [3.63, 3.8) is 0 Å². The van der Waals surface area contributed by atoms with Gasteiger partial charge in [0.05, 0.1) is 12.0 Å². The van der Waals surface area contributed by atoms with Crippen molar-refractivity contribution in [1.29, 1.82) is 0 Å². The van der Waals surface area contributed by atoms with Crippen molar-refractivity contribution in [2.75, 3.05) is 6.54 Å². The highest BCUT2D eigenvalue weighted by molar-refractivity contribution is 7.17. The average Bonchev–Trinajstić information content (AvgIpc) is 3.24. The molecule has 1 aromatic carbocycles. The molecule has 0 saturated carbocycles. The van der Waals surface area contributed by atoms with Crippen LogP contribution in [0.15, 0.2) is 43.0 Å². The van der Waals surface area contributed by atoms with Gasteiger partial charge in [-0.25, -0.2) is 9.97 Å². The molecule has 0 spiro atoms. The second kappa shape index (κ2) is 8.27. The number of imidazole rings is 1. The lowest BCUT2D eigenvalue weighted by molar-refractivity contribution is 0.0956. The summed E-state index contributed by atoms with van der Waals surface area (Å²) in [7, 11) is 0. The molecule has 1 amide bonds. The van der Waals surface area contributed by atoms with E-state index in [0.29, 0.717) is 16.4 Å². The van der Waals surface area contributed by atoms with Gasteiger partial charge < -0.3 is 9.88 Å². The van der Waals surface area contributed by atoms with Crippen molar-refractivity contribution in [3.8, 4) is 10.6 Å². The molecule has 7 heteroatoms. The molecule has 0 radical (unpaired) electrons. The summed E-state index contributed by atoms with van der Waals surface area (Å²) in [4.78, 5) is 21.6. The van der Waals surface area contributed by atoms with Crippen LogP contribution in [-0.4, -0.2) is 27.0 Å². The minimum Gasteiger partial charge on any atom is -0.351 e. The summed E-state index contributed by atoms with van der Waals surface area (Å²) >= 11 is 7.43. The maximum absolute atomic E-state index is 12.4. The molecule has 0 fully saturated rings. The summed E-state index contributed by atoms with van der Waals surface area (Å²) in [5.74, 6) is -0.0640. The molecule has 2 heterocycles. The van der Waals surface area contributed by atoms with E-state index in [4.69, 9.17) is 11.6 Å². The van der Waals surface area contributed by atoms with Gasteiger partial charge in [0.1, 0.15) is 9.88 Å². The number of unbranched alkanes of at least 4 members (excludes halogenated alkanes) is 1. The molecule has 3 aromatic rings. The number of carbonyl (C=O) groups is 1. The molecule has 25 heavy (non-hydrogen) atoms. The van der Waals surface area contributed by atoms with Crippen LogP contribution >= 0.6 is 22.9 Å². The van der Waals surface area contributed by atoms with Gasteiger partial charge in [-0.05, 0) is 31.9 Å². The Hall–Kier alpha value is -2.18. The molecule has 0 aliphatic carbocycles. The highest BCUT2D eigenvalue weighted by Gasteiger charge is 2.15. The molecular formula is C18H19ClN4OS. The van der Waals surface area contributed by atoms with Crippen molar-refractivity contribution in [2.45, 2.75) is 26.3 Å². The van der Waals surface area contributed by atoms with Crippen LogP contribution < -0.4 is 5.32 Å². The number of benzene rings is 1. The average molecular weight is 375 g/mol. The zero-order valence-corrected chi connectivity index (χ0v) is 15.5. The van der Waals surface area contributed by atoms with Gasteiger partial charge in [0.15, 0.2) is 0 Å². The number of amides is 1. The maximum atomic E-state index is 12.4. The highest BCUT2D eigenvalue weighted by Crippen LogP contribution is 2.29. The second-order valence-corrected chi connectivity index (χ2v) is 7.14. The van der Waals surface area contributed by atoms with Gasteiger partial charge in [-0.15, -0.1) is 11.3 Å². The van der Waals surface area contributed by atoms with Crippen LogP contribution in [0.25, 0.3) is 10.6 Å². The predicted octanol–water partition coefficient (Wildman–Crippen LogP) is 4.18. The standard InChI is InChI=1S/C18H19ClN4OS/c1-13-16(25-18(22-13)14-5-4-6-15(19)11-14)17(24)21-7-2-3-9-23-10-8-20-12-23/h4-6,8,10-12H,2-3,7,9H2,1H3,(H,21,24). The number of aromatic nitrogens is 3. The van der Waals surface area contributed by atoms with Crippen LogP contribution in [0, 0.1) is 6.92 Å². The molecule has 0 atom stereocenters. The monoisotopic (exact) mass is 374 g/mol. The van der Waals surface area contributed by atoms with E-state index in [1.165, 1.54) is 11.3 Å². The molecule has 0 aliphatic heterocycles. The van der Waals surface area contributed by atoms with Crippen molar-refractivity contribution in [3.05, 3.63) is 58.6 Å². The quantitative estimate of drug-likeness (QED) is 0.631. The van der Waals surface area contributed by atoms with Crippen molar-refractivity contribution < 1.29 is 4.79 Å². The summed E-state index contributed by atoms with van der Waals surface area (Å²) in [5, 5.41) is 4.45. The van der Waals surface area contributed by atoms with Crippen LogP contribution in [0.4, 0.5) is 0 Å². The summed E-state index contributed by atoms with van der Waals surface area (Å²) in [6, 6.07) is 7.51. The minimum absolute atomic E-state index is 0.0640. The van der Waals surface area contributed by atoms with Crippen molar-refractivity contribution in [2.24, 2.45) is 0 Å². The Balaban J connectivity index is 1.53. The first kappa shape index (κ1) is 17.6. The Morgan fingerprint density at radius 2 is 2.24 bits per heavy atom. The first-order valence-corrected chi connectivity index (χ1v) is 9.30. The van der Waals surface area contributed by atoms with E-state index < -0.39 is 0 Å². The van der Waals surface area contributed by atoms with E-state index in [0.717, 1.165) is 35.7 Å². The Bertz CT molecular complexity index is 845. The fraction of sp³-hybridized carbons (Fsp3) is 0.278. The van der Waals surface area contributed by atoms with Crippen molar-refractivity contribution >= 4 is 28.8 Å². The molecule has 0 bridgehead atoms. The number of hydrogen-bond acceptors (Lipinski definition) is 4.